The molecule has 15 heavy (non-hydrogen) atoms. The molecule has 0 spiro atoms. The zero-order chi connectivity index (χ0) is 10.8. The summed E-state index contributed by atoms with van der Waals surface area (Å²) < 4.78 is 0. The van der Waals surface area contributed by atoms with E-state index in [0.717, 1.165) is 25.8 Å². The number of carbonyl (C=O) groups is 1. The molecule has 0 aromatic heterocycles. The van der Waals surface area contributed by atoms with Crippen molar-refractivity contribution in [1.29, 1.82) is 0 Å². The lowest BCUT2D eigenvalue weighted by atomic mass is 9.88. The number of likely N-dealkylation sites (tertiary alicyclic amines) is 1. The molecule has 2 unspecified atom stereocenters. The van der Waals surface area contributed by atoms with Crippen molar-refractivity contribution in [3.8, 4) is 0 Å². The van der Waals surface area contributed by atoms with Crippen molar-refractivity contribution in [3.63, 3.8) is 0 Å². The molecule has 2 rings (SSSR count). The van der Waals surface area contributed by atoms with Gasteiger partial charge in [-0.05, 0) is 26.2 Å². The summed E-state index contributed by atoms with van der Waals surface area (Å²) in [5, 5.41) is 0. The highest BCUT2D eigenvalue weighted by molar-refractivity contribution is 5.79. The van der Waals surface area contributed by atoms with Gasteiger partial charge in [-0.25, -0.2) is 0 Å². The van der Waals surface area contributed by atoms with Crippen LogP contribution in [0.25, 0.3) is 0 Å². The fourth-order valence-electron chi connectivity index (χ4n) is 2.86. The van der Waals surface area contributed by atoms with Gasteiger partial charge in [-0.1, -0.05) is 19.3 Å². The Hall–Kier alpha value is -0.570. The predicted molar refractivity (Wildman–Crippen MR) is 60.3 cm³/mol. The maximum Gasteiger partial charge on any atom is 0.225 e. The zero-order valence-corrected chi connectivity index (χ0v) is 9.61. The van der Waals surface area contributed by atoms with Gasteiger partial charge < -0.3 is 10.6 Å². The van der Waals surface area contributed by atoms with Crippen LogP contribution in [0.5, 0.6) is 0 Å². The standard InChI is InChI=1S/C12H22N2O/c1-9-11(13)7-8-14(9)12(15)10-5-3-2-4-6-10/h9-11H,2-8,13H2,1H3. The molecule has 2 aliphatic rings. The number of nitrogens with zero attached hydrogens (tertiary/aromatic N) is 1. The molecule has 1 heterocycles. The first-order chi connectivity index (χ1) is 7.20. The largest absolute Gasteiger partial charge is 0.338 e. The van der Waals surface area contributed by atoms with Crippen LogP contribution in [-0.4, -0.2) is 29.4 Å². The lowest BCUT2D eigenvalue weighted by Gasteiger charge is -2.29. The first-order valence-corrected chi connectivity index (χ1v) is 6.26. The van der Waals surface area contributed by atoms with Crippen LogP contribution in [0.3, 0.4) is 0 Å². The topological polar surface area (TPSA) is 46.3 Å². The van der Waals surface area contributed by atoms with E-state index >= 15 is 0 Å². The second-order valence-electron chi connectivity index (χ2n) is 5.06. The number of carbonyl (C=O) groups excluding carboxylic acids is 1. The number of hydrogen-bond donors (Lipinski definition) is 1. The highest BCUT2D eigenvalue weighted by Crippen LogP contribution is 2.28. The molecule has 1 amide bonds. The Bertz CT molecular complexity index is 236. The van der Waals surface area contributed by atoms with Crippen LogP contribution in [0.4, 0.5) is 0 Å². The van der Waals surface area contributed by atoms with Gasteiger partial charge in [0.05, 0.1) is 0 Å². The van der Waals surface area contributed by atoms with Crippen LogP contribution in [0.1, 0.15) is 45.4 Å². The molecule has 1 saturated carbocycles. The summed E-state index contributed by atoms with van der Waals surface area (Å²) in [6.07, 6.45) is 6.92. The molecular formula is C12H22N2O. The Kier molecular flexibility index (Phi) is 3.29. The van der Waals surface area contributed by atoms with Crippen LogP contribution < -0.4 is 5.73 Å². The fourth-order valence-corrected chi connectivity index (χ4v) is 2.86. The monoisotopic (exact) mass is 210 g/mol. The lowest BCUT2D eigenvalue weighted by molar-refractivity contribution is -0.137. The average Bonchev–Trinajstić information content (AvgIpc) is 2.60. The van der Waals surface area contributed by atoms with Gasteiger partial charge in [-0.2, -0.15) is 0 Å². The molecule has 0 bridgehead atoms. The number of nitrogens with two attached hydrogens (primary N) is 1. The van der Waals surface area contributed by atoms with E-state index in [1.165, 1.54) is 19.3 Å². The first-order valence-electron chi connectivity index (χ1n) is 6.26. The Morgan fingerprint density at radius 1 is 1.20 bits per heavy atom. The molecule has 1 aliphatic heterocycles. The molecule has 3 heteroatoms. The Morgan fingerprint density at radius 3 is 2.40 bits per heavy atom. The summed E-state index contributed by atoms with van der Waals surface area (Å²) in [4.78, 5) is 14.2. The lowest BCUT2D eigenvalue weighted by Crippen LogP contribution is -2.43. The van der Waals surface area contributed by atoms with Crippen molar-refractivity contribution in [1.82, 2.24) is 4.90 Å². The van der Waals surface area contributed by atoms with Gasteiger partial charge in [0.15, 0.2) is 0 Å². The van der Waals surface area contributed by atoms with E-state index in [4.69, 9.17) is 5.73 Å². The third-order valence-corrected chi connectivity index (χ3v) is 4.05. The molecule has 0 radical (unpaired) electrons. The summed E-state index contributed by atoms with van der Waals surface area (Å²) in [5.74, 6) is 0.668. The van der Waals surface area contributed by atoms with E-state index < -0.39 is 0 Å². The maximum atomic E-state index is 12.2. The SMILES string of the molecule is CC1C(N)CCN1C(=O)C1CCCCC1. The van der Waals surface area contributed by atoms with Gasteiger partial charge in [0.2, 0.25) is 5.91 Å². The van der Waals surface area contributed by atoms with Crippen molar-refractivity contribution in [3.05, 3.63) is 0 Å². The highest BCUT2D eigenvalue weighted by atomic mass is 16.2. The normalized spacial score (nSPS) is 33.3. The molecule has 86 valence electrons. The van der Waals surface area contributed by atoms with Crippen molar-refractivity contribution in [2.24, 2.45) is 11.7 Å². The molecule has 1 saturated heterocycles. The minimum Gasteiger partial charge on any atom is -0.338 e. The van der Waals surface area contributed by atoms with Crippen molar-refractivity contribution in [2.75, 3.05) is 6.54 Å². The first kappa shape index (κ1) is 10.9. The van der Waals surface area contributed by atoms with Crippen LogP contribution >= 0.6 is 0 Å². The van der Waals surface area contributed by atoms with Gasteiger partial charge in [0, 0.05) is 24.5 Å². The Labute approximate surface area is 92.0 Å². The summed E-state index contributed by atoms with van der Waals surface area (Å²) in [5.41, 5.74) is 5.94. The van der Waals surface area contributed by atoms with Gasteiger partial charge in [-0.3, -0.25) is 4.79 Å². The Morgan fingerprint density at radius 2 is 1.87 bits per heavy atom. The summed E-state index contributed by atoms with van der Waals surface area (Å²) in [6, 6.07) is 0.442. The zero-order valence-electron chi connectivity index (χ0n) is 9.61. The molecule has 2 fully saturated rings. The van der Waals surface area contributed by atoms with Crippen molar-refractivity contribution in [2.45, 2.75) is 57.5 Å². The quantitative estimate of drug-likeness (QED) is 0.713. The van der Waals surface area contributed by atoms with Gasteiger partial charge in [0.25, 0.3) is 0 Å². The van der Waals surface area contributed by atoms with E-state index in [1.54, 1.807) is 0 Å². The molecule has 1 aliphatic carbocycles. The van der Waals surface area contributed by atoms with Crippen molar-refractivity contribution >= 4 is 5.91 Å². The number of amides is 1. The van der Waals surface area contributed by atoms with Crippen molar-refractivity contribution < 1.29 is 4.79 Å². The number of hydrogen-bond acceptors (Lipinski definition) is 2. The van der Waals surface area contributed by atoms with Gasteiger partial charge in [-0.15, -0.1) is 0 Å². The van der Waals surface area contributed by atoms with Crippen LogP contribution in [-0.2, 0) is 4.79 Å². The highest BCUT2D eigenvalue weighted by Gasteiger charge is 2.35. The second kappa shape index (κ2) is 4.52. The van der Waals surface area contributed by atoms with E-state index in [1.807, 2.05) is 4.90 Å². The summed E-state index contributed by atoms with van der Waals surface area (Å²) in [6.45, 7) is 2.95. The molecule has 2 atom stereocenters. The van der Waals surface area contributed by atoms with Crippen LogP contribution in [0.15, 0.2) is 0 Å². The number of rotatable bonds is 1. The summed E-state index contributed by atoms with van der Waals surface area (Å²) >= 11 is 0. The molecule has 0 aromatic rings. The minimum atomic E-state index is 0.192. The third kappa shape index (κ3) is 2.17. The smallest absolute Gasteiger partial charge is 0.225 e. The van der Waals surface area contributed by atoms with E-state index in [2.05, 4.69) is 6.92 Å². The van der Waals surface area contributed by atoms with Crippen LogP contribution in [0, 0.1) is 5.92 Å². The van der Waals surface area contributed by atoms with E-state index in [9.17, 15) is 4.79 Å². The third-order valence-electron chi connectivity index (χ3n) is 4.05. The van der Waals surface area contributed by atoms with E-state index in [-0.39, 0.29) is 12.1 Å². The maximum absolute atomic E-state index is 12.2. The Balaban J connectivity index is 1.95. The molecule has 3 nitrogen and oxygen atoms in total. The predicted octanol–water partition coefficient (Wildman–Crippen LogP) is 1.51. The molecule has 0 aromatic carbocycles. The fraction of sp³-hybridized carbons (Fsp3) is 0.917. The van der Waals surface area contributed by atoms with Gasteiger partial charge >= 0.3 is 0 Å². The molecular weight excluding hydrogens is 188 g/mol. The summed E-state index contributed by atoms with van der Waals surface area (Å²) in [7, 11) is 0. The second-order valence-corrected chi connectivity index (χ2v) is 5.06. The van der Waals surface area contributed by atoms with Crippen LogP contribution in [0.2, 0.25) is 0 Å². The van der Waals surface area contributed by atoms with Gasteiger partial charge in [0.1, 0.15) is 0 Å². The van der Waals surface area contributed by atoms with E-state index in [0.29, 0.717) is 11.8 Å². The average molecular weight is 210 g/mol. The molecule has 2 N–H and O–H groups in total. The minimum absolute atomic E-state index is 0.192.